The molecule has 3 aromatic rings. The van der Waals surface area contributed by atoms with Gasteiger partial charge in [-0.2, -0.15) is 0 Å². The zero-order valence-electron chi connectivity index (χ0n) is 12.1. The van der Waals surface area contributed by atoms with E-state index in [-0.39, 0.29) is 6.10 Å². The zero-order chi connectivity index (χ0) is 14.7. The normalized spacial score (nSPS) is 10.4. The molecule has 3 heteroatoms. The van der Waals surface area contributed by atoms with E-state index >= 15 is 0 Å². The lowest BCUT2D eigenvalue weighted by Gasteiger charge is -2.09. The minimum Gasteiger partial charge on any atom is -0.491 e. The molecule has 3 rings (SSSR count). The number of hydrogen-bond donors (Lipinski definition) is 1. The third-order valence-corrected chi connectivity index (χ3v) is 3.01. The Morgan fingerprint density at radius 3 is 2.90 bits per heavy atom. The maximum absolute atomic E-state index is 5.68. The molecule has 0 spiro atoms. The molecule has 1 aromatic carbocycles. The first kappa shape index (κ1) is 13.3. The second kappa shape index (κ2) is 5.72. The Balaban J connectivity index is 1.92. The molecule has 0 aliphatic rings. The van der Waals surface area contributed by atoms with Crippen LogP contribution in [-0.2, 0) is 0 Å². The first-order chi connectivity index (χ1) is 10.2. The van der Waals surface area contributed by atoms with Crippen LogP contribution < -0.4 is 4.74 Å². The molecular weight excluding hydrogens is 260 g/mol. The van der Waals surface area contributed by atoms with Gasteiger partial charge in [0, 0.05) is 28.9 Å². The van der Waals surface area contributed by atoms with Crippen LogP contribution in [0.15, 0.2) is 48.8 Å². The highest BCUT2D eigenvalue weighted by Crippen LogP contribution is 2.16. The summed E-state index contributed by atoms with van der Waals surface area (Å²) in [6.07, 6.45) is 3.80. The molecule has 0 amide bonds. The molecule has 0 aliphatic heterocycles. The number of nitrogens with one attached hydrogen (secondary N) is 1. The summed E-state index contributed by atoms with van der Waals surface area (Å²) < 4.78 is 5.68. The van der Waals surface area contributed by atoms with Crippen LogP contribution in [0.3, 0.4) is 0 Å². The summed E-state index contributed by atoms with van der Waals surface area (Å²) in [7, 11) is 0. The van der Waals surface area contributed by atoms with Crippen molar-refractivity contribution in [1.82, 2.24) is 9.97 Å². The van der Waals surface area contributed by atoms with Gasteiger partial charge in [0.2, 0.25) is 0 Å². The van der Waals surface area contributed by atoms with Crippen LogP contribution in [0.25, 0.3) is 11.0 Å². The van der Waals surface area contributed by atoms with Gasteiger partial charge in [0.1, 0.15) is 11.4 Å². The number of fused-ring (bicyclic) bond motifs is 1. The van der Waals surface area contributed by atoms with Gasteiger partial charge in [-0.3, -0.25) is 0 Å². The second-order valence-corrected chi connectivity index (χ2v) is 5.04. The molecule has 2 aromatic heterocycles. The molecule has 0 unspecified atom stereocenters. The number of aromatic amines is 1. The van der Waals surface area contributed by atoms with Crippen LogP contribution in [0.1, 0.15) is 25.0 Å². The number of hydrogen-bond acceptors (Lipinski definition) is 2. The van der Waals surface area contributed by atoms with Crippen molar-refractivity contribution in [3.8, 4) is 17.6 Å². The average molecular weight is 276 g/mol. The fourth-order valence-electron chi connectivity index (χ4n) is 2.13. The lowest BCUT2D eigenvalue weighted by atomic mass is 10.1. The maximum atomic E-state index is 5.68. The van der Waals surface area contributed by atoms with Crippen molar-refractivity contribution < 1.29 is 4.74 Å². The fourth-order valence-corrected chi connectivity index (χ4v) is 2.13. The van der Waals surface area contributed by atoms with Crippen molar-refractivity contribution in [2.75, 3.05) is 0 Å². The highest BCUT2D eigenvalue weighted by Gasteiger charge is 2.00. The van der Waals surface area contributed by atoms with E-state index in [1.165, 1.54) is 0 Å². The van der Waals surface area contributed by atoms with Crippen molar-refractivity contribution >= 4 is 11.0 Å². The zero-order valence-corrected chi connectivity index (χ0v) is 12.1. The van der Waals surface area contributed by atoms with Gasteiger partial charge in [-0.05, 0) is 44.2 Å². The van der Waals surface area contributed by atoms with Gasteiger partial charge in [-0.25, -0.2) is 4.98 Å². The number of benzene rings is 1. The molecule has 104 valence electrons. The molecule has 0 fully saturated rings. The van der Waals surface area contributed by atoms with E-state index in [0.717, 1.165) is 27.9 Å². The summed E-state index contributed by atoms with van der Waals surface area (Å²) in [6, 6.07) is 11.8. The van der Waals surface area contributed by atoms with Crippen LogP contribution in [0.4, 0.5) is 0 Å². The predicted molar refractivity (Wildman–Crippen MR) is 84.3 cm³/mol. The van der Waals surface area contributed by atoms with E-state index in [9.17, 15) is 0 Å². The lowest BCUT2D eigenvalue weighted by Crippen LogP contribution is -2.05. The summed E-state index contributed by atoms with van der Waals surface area (Å²) >= 11 is 0. The number of pyridine rings is 1. The van der Waals surface area contributed by atoms with E-state index in [1.54, 1.807) is 6.20 Å². The van der Waals surface area contributed by atoms with Crippen LogP contribution in [0.2, 0.25) is 0 Å². The third kappa shape index (κ3) is 3.06. The van der Waals surface area contributed by atoms with Gasteiger partial charge in [-0.15, -0.1) is 0 Å². The smallest absolute Gasteiger partial charge is 0.138 e. The van der Waals surface area contributed by atoms with Crippen LogP contribution in [0.5, 0.6) is 5.75 Å². The van der Waals surface area contributed by atoms with E-state index in [1.807, 2.05) is 56.4 Å². The Morgan fingerprint density at radius 2 is 2.05 bits per heavy atom. The number of ether oxygens (including phenoxy) is 1. The van der Waals surface area contributed by atoms with Gasteiger partial charge in [0.05, 0.1) is 6.10 Å². The molecule has 0 radical (unpaired) electrons. The molecule has 0 saturated carbocycles. The number of nitrogens with zero attached hydrogens (tertiary/aromatic N) is 1. The predicted octanol–water partition coefficient (Wildman–Crippen LogP) is 3.75. The summed E-state index contributed by atoms with van der Waals surface area (Å²) in [4.78, 5) is 7.35. The highest BCUT2D eigenvalue weighted by atomic mass is 16.5. The molecule has 0 saturated heterocycles. The lowest BCUT2D eigenvalue weighted by molar-refractivity contribution is 0.242. The number of H-pyrrole nitrogens is 1. The molecular formula is C18H16N2O. The van der Waals surface area contributed by atoms with Gasteiger partial charge < -0.3 is 9.72 Å². The van der Waals surface area contributed by atoms with Crippen LogP contribution in [-0.4, -0.2) is 16.1 Å². The van der Waals surface area contributed by atoms with Gasteiger partial charge in [-0.1, -0.05) is 17.9 Å². The molecule has 3 nitrogen and oxygen atoms in total. The minimum absolute atomic E-state index is 0.160. The van der Waals surface area contributed by atoms with E-state index in [4.69, 9.17) is 4.74 Å². The molecule has 0 aliphatic carbocycles. The minimum atomic E-state index is 0.160. The van der Waals surface area contributed by atoms with Crippen molar-refractivity contribution in [1.29, 1.82) is 0 Å². The summed E-state index contributed by atoms with van der Waals surface area (Å²) in [5.41, 5.74) is 2.77. The Kier molecular flexibility index (Phi) is 3.61. The van der Waals surface area contributed by atoms with Gasteiger partial charge >= 0.3 is 0 Å². The molecule has 21 heavy (non-hydrogen) atoms. The quantitative estimate of drug-likeness (QED) is 0.724. The first-order valence-electron chi connectivity index (χ1n) is 6.93. The average Bonchev–Trinajstić information content (AvgIpc) is 2.93. The SMILES string of the molecule is CC(C)Oc1cccc(C#Cc2ccnc3[nH]ccc23)c1. The fraction of sp³-hybridized carbons (Fsp3) is 0.167. The highest BCUT2D eigenvalue weighted by molar-refractivity contribution is 5.82. The maximum Gasteiger partial charge on any atom is 0.138 e. The molecule has 0 atom stereocenters. The molecule has 2 heterocycles. The van der Waals surface area contributed by atoms with Crippen molar-refractivity contribution in [3.63, 3.8) is 0 Å². The van der Waals surface area contributed by atoms with E-state index in [0.29, 0.717) is 0 Å². The Bertz CT molecular complexity index is 822. The van der Waals surface area contributed by atoms with Crippen molar-refractivity contribution in [2.24, 2.45) is 0 Å². The summed E-state index contributed by atoms with van der Waals surface area (Å²) in [5, 5.41) is 1.04. The van der Waals surface area contributed by atoms with Crippen LogP contribution in [0, 0.1) is 11.8 Å². The Labute approximate surface area is 124 Å². The number of rotatable bonds is 2. The summed E-state index contributed by atoms with van der Waals surface area (Å²) in [5.74, 6) is 7.24. The second-order valence-electron chi connectivity index (χ2n) is 5.04. The van der Waals surface area contributed by atoms with Crippen molar-refractivity contribution in [3.05, 3.63) is 59.9 Å². The largest absolute Gasteiger partial charge is 0.491 e. The van der Waals surface area contributed by atoms with Gasteiger partial charge in [0.15, 0.2) is 0 Å². The standard InChI is InChI=1S/C18H16N2O/c1-13(2)21-16-5-3-4-14(12-16)6-7-15-8-10-19-18-17(15)9-11-20-18/h3-5,8-13H,1-2H3,(H,19,20). The monoisotopic (exact) mass is 276 g/mol. The van der Waals surface area contributed by atoms with Crippen molar-refractivity contribution in [2.45, 2.75) is 20.0 Å². The van der Waals surface area contributed by atoms with Crippen LogP contribution >= 0.6 is 0 Å². The molecule has 0 bridgehead atoms. The number of aromatic nitrogens is 2. The van der Waals surface area contributed by atoms with Gasteiger partial charge in [0.25, 0.3) is 0 Å². The first-order valence-corrected chi connectivity index (χ1v) is 6.93. The third-order valence-electron chi connectivity index (χ3n) is 3.01. The topological polar surface area (TPSA) is 37.9 Å². The summed E-state index contributed by atoms with van der Waals surface area (Å²) in [6.45, 7) is 4.02. The Hall–Kier alpha value is -2.73. The van der Waals surface area contributed by atoms with E-state index in [2.05, 4.69) is 21.8 Å². The van der Waals surface area contributed by atoms with E-state index < -0.39 is 0 Å². The Morgan fingerprint density at radius 1 is 1.14 bits per heavy atom. The molecule has 1 N–H and O–H groups in total.